The van der Waals surface area contributed by atoms with Gasteiger partial charge in [-0.15, -0.1) is 0 Å². The highest BCUT2D eigenvalue weighted by Crippen LogP contribution is 2.40. The molecule has 0 spiro atoms. The number of hydrogen-bond acceptors (Lipinski definition) is 1. The third-order valence-corrected chi connectivity index (χ3v) is 2.74. The van der Waals surface area contributed by atoms with Crippen LogP contribution in [0.3, 0.4) is 0 Å². The lowest BCUT2D eigenvalue weighted by molar-refractivity contribution is 0.137. The number of ether oxygens (including phenoxy) is 1. The van der Waals surface area contributed by atoms with Crippen LogP contribution in [-0.2, 0) is 6.42 Å². The molecule has 1 aromatic rings. The number of para-hydroxylation sites is 1. The number of rotatable bonds is 1. The van der Waals surface area contributed by atoms with E-state index in [1.165, 1.54) is 11.1 Å². The molecule has 0 saturated carbocycles. The van der Waals surface area contributed by atoms with Crippen LogP contribution in [0.15, 0.2) is 18.2 Å². The van der Waals surface area contributed by atoms with E-state index >= 15 is 0 Å². The van der Waals surface area contributed by atoms with E-state index in [1.54, 1.807) is 0 Å². The summed E-state index contributed by atoms with van der Waals surface area (Å²) < 4.78 is 5.99. The minimum absolute atomic E-state index is 0.0205. The molecule has 0 fully saturated rings. The first-order valence-electron chi connectivity index (χ1n) is 5.30. The van der Waals surface area contributed by atoms with Gasteiger partial charge in [-0.1, -0.05) is 32.0 Å². The van der Waals surface area contributed by atoms with Crippen LogP contribution in [0.25, 0.3) is 0 Å². The van der Waals surface area contributed by atoms with Crippen molar-refractivity contribution >= 4 is 0 Å². The van der Waals surface area contributed by atoms with Crippen LogP contribution in [0.2, 0.25) is 0 Å². The molecule has 14 heavy (non-hydrogen) atoms. The average molecular weight is 190 g/mol. The lowest BCUT2D eigenvalue weighted by atomic mass is 9.97. The van der Waals surface area contributed by atoms with E-state index < -0.39 is 0 Å². The number of hydrogen-bond donors (Lipinski definition) is 0. The van der Waals surface area contributed by atoms with E-state index in [0.717, 1.165) is 12.2 Å². The average Bonchev–Trinajstić information content (AvgIpc) is 2.36. The van der Waals surface area contributed by atoms with Gasteiger partial charge in [0, 0.05) is 6.42 Å². The van der Waals surface area contributed by atoms with Crippen molar-refractivity contribution in [1.29, 1.82) is 0 Å². The van der Waals surface area contributed by atoms with E-state index in [2.05, 4.69) is 45.9 Å². The second-order valence-corrected chi connectivity index (χ2v) is 5.03. The molecule has 0 aliphatic carbocycles. The zero-order valence-electron chi connectivity index (χ0n) is 9.42. The Bertz CT molecular complexity index is 350. The summed E-state index contributed by atoms with van der Waals surface area (Å²) in [5, 5.41) is 0. The van der Waals surface area contributed by atoms with E-state index in [9.17, 15) is 0 Å². The summed E-state index contributed by atoms with van der Waals surface area (Å²) in [6.45, 7) is 8.73. The van der Waals surface area contributed by atoms with Crippen molar-refractivity contribution in [2.24, 2.45) is 0 Å². The molecule has 0 aromatic heterocycles. The van der Waals surface area contributed by atoms with Crippen molar-refractivity contribution in [3.63, 3.8) is 0 Å². The molecule has 0 amide bonds. The maximum Gasteiger partial charge on any atom is 0.126 e. The Hall–Kier alpha value is -0.980. The van der Waals surface area contributed by atoms with Crippen molar-refractivity contribution in [1.82, 2.24) is 0 Å². The third kappa shape index (κ3) is 1.52. The first-order valence-corrected chi connectivity index (χ1v) is 5.30. The predicted molar refractivity (Wildman–Crippen MR) is 58.9 cm³/mol. The molecular formula is C13H18O. The molecule has 1 aliphatic rings. The summed E-state index contributed by atoms with van der Waals surface area (Å²) in [4.78, 5) is 0. The highest BCUT2D eigenvalue weighted by atomic mass is 16.5. The Balaban J connectivity index is 2.46. The topological polar surface area (TPSA) is 9.23 Å². The summed E-state index contributed by atoms with van der Waals surface area (Å²) in [7, 11) is 0. The van der Waals surface area contributed by atoms with Gasteiger partial charge in [0.05, 0.1) is 0 Å². The van der Waals surface area contributed by atoms with E-state index in [0.29, 0.717) is 5.92 Å². The minimum Gasteiger partial charge on any atom is -0.487 e. The van der Waals surface area contributed by atoms with Crippen molar-refractivity contribution < 1.29 is 4.74 Å². The zero-order valence-corrected chi connectivity index (χ0v) is 9.42. The first-order chi connectivity index (χ1) is 6.49. The predicted octanol–water partition coefficient (Wildman–Crippen LogP) is 3.52. The maximum atomic E-state index is 5.99. The quantitative estimate of drug-likeness (QED) is 0.658. The molecule has 0 radical (unpaired) electrons. The molecule has 0 atom stereocenters. The summed E-state index contributed by atoms with van der Waals surface area (Å²) in [5.41, 5.74) is 2.68. The van der Waals surface area contributed by atoms with E-state index in [-0.39, 0.29) is 5.60 Å². The lowest BCUT2D eigenvalue weighted by Crippen LogP contribution is -2.24. The first kappa shape index (κ1) is 9.57. The maximum absolute atomic E-state index is 5.99. The van der Waals surface area contributed by atoms with Crippen molar-refractivity contribution in [3.05, 3.63) is 29.3 Å². The van der Waals surface area contributed by atoms with Gasteiger partial charge in [-0.3, -0.25) is 0 Å². The molecule has 0 unspecified atom stereocenters. The van der Waals surface area contributed by atoms with Crippen LogP contribution in [0.4, 0.5) is 0 Å². The van der Waals surface area contributed by atoms with Gasteiger partial charge < -0.3 is 4.74 Å². The third-order valence-electron chi connectivity index (χ3n) is 2.74. The SMILES string of the molecule is CC(C)c1cccc2c1OC(C)(C)C2. The van der Waals surface area contributed by atoms with Crippen LogP contribution < -0.4 is 4.74 Å². The standard InChI is InChI=1S/C13H18O/c1-9(2)11-7-5-6-10-8-13(3,4)14-12(10)11/h5-7,9H,8H2,1-4H3. The Morgan fingerprint density at radius 2 is 2.00 bits per heavy atom. The number of benzene rings is 1. The van der Waals surface area contributed by atoms with E-state index in [4.69, 9.17) is 4.74 Å². The fraction of sp³-hybridized carbons (Fsp3) is 0.538. The lowest BCUT2D eigenvalue weighted by Gasteiger charge is -2.19. The van der Waals surface area contributed by atoms with Crippen molar-refractivity contribution in [2.45, 2.75) is 45.6 Å². The van der Waals surface area contributed by atoms with Crippen LogP contribution in [0, 0.1) is 0 Å². The second-order valence-electron chi connectivity index (χ2n) is 5.03. The Kier molecular flexibility index (Phi) is 2.06. The molecular weight excluding hydrogens is 172 g/mol. The van der Waals surface area contributed by atoms with Gasteiger partial charge in [0.25, 0.3) is 0 Å². The monoisotopic (exact) mass is 190 g/mol. The van der Waals surface area contributed by atoms with Gasteiger partial charge in [0.2, 0.25) is 0 Å². The van der Waals surface area contributed by atoms with Crippen LogP contribution in [-0.4, -0.2) is 5.60 Å². The van der Waals surface area contributed by atoms with Gasteiger partial charge in [-0.2, -0.15) is 0 Å². The highest BCUT2D eigenvalue weighted by molar-refractivity contribution is 5.47. The molecule has 1 nitrogen and oxygen atoms in total. The van der Waals surface area contributed by atoms with Gasteiger partial charge in [0.1, 0.15) is 11.4 Å². The van der Waals surface area contributed by atoms with Crippen LogP contribution in [0.5, 0.6) is 5.75 Å². The summed E-state index contributed by atoms with van der Waals surface area (Å²) >= 11 is 0. The number of fused-ring (bicyclic) bond motifs is 1. The second kappa shape index (κ2) is 3.01. The Morgan fingerprint density at radius 1 is 1.29 bits per heavy atom. The molecule has 1 aromatic carbocycles. The molecule has 0 N–H and O–H groups in total. The fourth-order valence-corrected chi connectivity index (χ4v) is 2.09. The molecule has 76 valence electrons. The largest absolute Gasteiger partial charge is 0.487 e. The summed E-state index contributed by atoms with van der Waals surface area (Å²) in [6.07, 6.45) is 1.03. The smallest absolute Gasteiger partial charge is 0.126 e. The normalized spacial score (nSPS) is 18.1. The summed E-state index contributed by atoms with van der Waals surface area (Å²) in [6, 6.07) is 6.49. The van der Waals surface area contributed by atoms with Gasteiger partial charge in [0.15, 0.2) is 0 Å². The zero-order chi connectivity index (χ0) is 10.3. The van der Waals surface area contributed by atoms with E-state index in [1.807, 2.05) is 0 Å². The van der Waals surface area contributed by atoms with Gasteiger partial charge in [-0.25, -0.2) is 0 Å². The molecule has 1 heterocycles. The van der Waals surface area contributed by atoms with Crippen molar-refractivity contribution in [2.75, 3.05) is 0 Å². The summed E-state index contributed by atoms with van der Waals surface area (Å²) in [5.74, 6) is 1.67. The van der Waals surface area contributed by atoms with Gasteiger partial charge in [-0.05, 0) is 30.9 Å². The molecule has 2 rings (SSSR count). The Labute approximate surface area is 86.1 Å². The van der Waals surface area contributed by atoms with Gasteiger partial charge >= 0.3 is 0 Å². The van der Waals surface area contributed by atoms with Crippen LogP contribution >= 0.6 is 0 Å². The fourth-order valence-electron chi connectivity index (χ4n) is 2.09. The molecule has 1 aliphatic heterocycles. The molecule has 0 saturated heterocycles. The minimum atomic E-state index is -0.0205. The van der Waals surface area contributed by atoms with Crippen molar-refractivity contribution in [3.8, 4) is 5.75 Å². The Morgan fingerprint density at radius 3 is 2.64 bits per heavy atom. The molecule has 0 bridgehead atoms. The highest BCUT2D eigenvalue weighted by Gasteiger charge is 2.31. The van der Waals surface area contributed by atoms with Crippen LogP contribution in [0.1, 0.15) is 44.7 Å². The molecule has 1 heteroatoms.